The maximum atomic E-state index is 12.2. The van der Waals surface area contributed by atoms with E-state index in [9.17, 15) is 4.79 Å². The molecule has 0 spiro atoms. The van der Waals surface area contributed by atoms with Crippen LogP contribution in [0.1, 0.15) is 39.7 Å². The van der Waals surface area contributed by atoms with Gasteiger partial charge in [-0.05, 0) is 63.8 Å². The Bertz CT molecular complexity index is 1080. The number of aromatic nitrogens is 3. The summed E-state index contributed by atoms with van der Waals surface area (Å²) in [6, 6.07) is 7.95. The summed E-state index contributed by atoms with van der Waals surface area (Å²) >= 11 is 0. The first-order valence-electron chi connectivity index (χ1n) is 10.2. The Morgan fingerprint density at radius 1 is 1.30 bits per heavy atom. The number of nitrogens with two attached hydrogens (primary N) is 2. The van der Waals surface area contributed by atoms with Crippen LogP contribution in [0.15, 0.2) is 36.8 Å². The lowest BCUT2D eigenvalue weighted by Crippen LogP contribution is -2.31. The molecule has 0 aliphatic heterocycles. The van der Waals surface area contributed by atoms with Crippen LogP contribution in [0.5, 0.6) is 0 Å². The number of benzene rings is 1. The number of carbonyl (C=O) groups excluding carboxylic acids is 1. The monoisotopic (exact) mass is 408 g/mol. The molecule has 0 unspecified atom stereocenters. The third-order valence-corrected chi connectivity index (χ3v) is 5.40. The fraction of sp³-hybridized carbons (Fsp3) is 0.409. The summed E-state index contributed by atoms with van der Waals surface area (Å²) in [5.74, 6) is 0.991. The molecular formula is C22H28N6O2. The van der Waals surface area contributed by atoms with Gasteiger partial charge in [0.2, 0.25) is 0 Å². The Kier molecular flexibility index (Phi) is 5.11. The molecule has 0 saturated heterocycles. The van der Waals surface area contributed by atoms with Gasteiger partial charge in [0.1, 0.15) is 23.4 Å². The van der Waals surface area contributed by atoms with Crippen molar-refractivity contribution in [3.8, 4) is 11.1 Å². The molecular weight excluding hydrogens is 380 g/mol. The quantitative estimate of drug-likeness (QED) is 0.601. The number of fused-ring (bicyclic) bond motifs is 1. The highest BCUT2D eigenvalue weighted by Gasteiger charge is 2.31. The summed E-state index contributed by atoms with van der Waals surface area (Å²) in [4.78, 5) is 20.9. The summed E-state index contributed by atoms with van der Waals surface area (Å²) in [5, 5.41) is 3.61. The van der Waals surface area contributed by atoms with Gasteiger partial charge in [-0.25, -0.2) is 14.8 Å². The van der Waals surface area contributed by atoms with Gasteiger partial charge in [0.15, 0.2) is 0 Å². The van der Waals surface area contributed by atoms with Crippen LogP contribution >= 0.6 is 0 Å². The summed E-state index contributed by atoms with van der Waals surface area (Å²) in [7, 11) is 0. The second kappa shape index (κ2) is 7.60. The molecule has 1 aromatic carbocycles. The molecule has 2 aromatic heterocycles. The first-order chi connectivity index (χ1) is 14.2. The average Bonchev–Trinajstić information content (AvgIpc) is 3.00. The zero-order valence-electron chi connectivity index (χ0n) is 17.6. The van der Waals surface area contributed by atoms with Crippen molar-refractivity contribution in [1.82, 2.24) is 14.5 Å². The molecule has 2 heterocycles. The van der Waals surface area contributed by atoms with Crippen LogP contribution < -0.4 is 16.8 Å². The third kappa shape index (κ3) is 3.95. The molecule has 0 atom stereocenters. The molecule has 1 fully saturated rings. The van der Waals surface area contributed by atoms with Gasteiger partial charge < -0.3 is 20.8 Å². The van der Waals surface area contributed by atoms with Crippen molar-refractivity contribution in [3.63, 3.8) is 0 Å². The molecule has 1 aliphatic carbocycles. The van der Waals surface area contributed by atoms with E-state index in [4.69, 9.17) is 16.2 Å². The number of amides is 1. The van der Waals surface area contributed by atoms with Crippen molar-refractivity contribution in [3.05, 3.63) is 36.8 Å². The van der Waals surface area contributed by atoms with E-state index in [1.54, 1.807) is 0 Å². The summed E-state index contributed by atoms with van der Waals surface area (Å²) in [5.41, 5.74) is 14.8. The smallest absolute Gasteiger partial charge is 0.412 e. The van der Waals surface area contributed by atoms with Crippen molar-refractivity contribution in [2.24, 2.45) is 11.7 Å². The zero-order valence-corrected chi connectivity index (χ0v) is 17.6. The van der Waals surface area contributed by atoms with E-state index in [1.807, 2.05) is 45.0 Å². The van der Waals surface area contributed by atoms with Gasteiger partial charge in [0.05, 0.1) is 5.39 Å². The molecule has 4 rings (SSSR count). The highest BCUT2D eigenvalue weighted by molar-refractivity contribution is 6.01. The van der Waals surface area contributed by atoms with E-state index in [2.05, 4.69) is 26.0 Å². The van der Waals surface area contributed by atoms with Crippen LogP contribution in [0.3, 0.4) is 0 Å². The van der Waals surface area contributed by atoms with Gasteiger partial charge >= 0.3 is 6.09 Å². The van der Waals surface area contributed by atoms with E-state index < -0.39 is 11.7 Å². The standard InChI is InChI=1S/C22H28N6O2/c1-22(2,3)30-21(29)27-15-6-4-5-14(9-15)17-11-28(16-7-13(8-16)10-23)20-18(17)19(24)25-12-26-20/h4-6,9,11-13,16H,7-8,10,23H2,1-3H3,(H,27,29)(H2,24,25,26). The maximum absolute atomic E-state index is 12.2. The molecule has 30 heavy (non-hydrogen) atoms. The van der Waals surface area contributed by atoms with Gasteiger partial charge in [-0.2, -0.15) is 0 Å². The van der Waals surface area contributed by atoms with Gasteiger partial charge in [0.25, 0.3) is 0 Å². The molecule has 158 valence electrons. The number of anilines is 2. The fourth-order valence-corrected chi connectivity index (χ4v) is 3.91. The van der Waals surface area contributed by atoms with Crippen LogP contribution in [-0.2, 0) is 4.74 Å². The largest absolute Gasteiger partial charge is 0.444 e. The number of carbonyl (C=O) groups is 1. The molecule has 5 N–H and O–H groups in total. The third-order valence-electron chi connectivity index (χ3n) is 5.40. The first kappa shape index (κ1) is 20.2. The minimum Gasteiger partial charge on any atom is -0.444 e. The van der Waals surface area contributed by atoms with Crippen LogP contribution in [0.4, 0.5) is 16.3 Å². The lowest BCUT2D eigenvalue weighted by atomic mass is 9.80. The Morgan fingerprint density at radius 3 is 2.77 bits per heavy atom. The maximum Gasteiger partial charge on any atom is 0.412 e. The molecule has 8 nitrogen and oxygen atoms in total. The van der Waals surface area contributed by atoms with Crippen molar-refractivity contribution in [1.29, 1.82) is 0 Å². The minimum absolute atomic E-state index is 0.354. The summed E-state index contributed by atoms with van der Waals surface area (Å²) < 4.78 is 7.53. The molecule has 0 bridgehead atoms. The Hall–Kier alpha value is -3.13. The van der Waals surface area contributed by atoms with Gasteiger partial charge in [-0.1, -0.05) is 12.1 Å². The van der Waals surface area contributed by atoms with Crippen molar-refractivity contribution in [2.75, 3.05) is 17.6 Å². The number of hydrogen-bond donors (Lipinski definition) is 3. The van der Waals surface area contributed by atoms with Crippen LogP contribution in [0.2, 0.25) is 0 Å². The second-order valence-electron chi connectivity index (χ2n) is 8.84. The first-order valence-corrected chi connectivity index (χ1v) is 10.2. The molecule has 8 heteroatoms. The lowest BCUT2D eigenvalue weighted by molar-refractivity contribution is 0.0636. The van der Waals surface area contributed by atoms with E-state index in [0.29, 0.717) is 30.0 Å². The van der Waals surface area contributed by atoms with Crippen LogP contribution in [-0.4, -0.2) is 32.8 Å². The van der Waals surface area contributed by atoms with Gasteiger partial charge in [0, 0.05) is 23.5 Å². The van der Waals surface area contributed by atoms with E-state index in [-0.39, 0.29) is 0 Å². The molecule has 3 aromatic rings. The zero-order chi connectivity index (χ0) is 21.5. The Balaban J connectivity index is 1.69. The second-order valence-corrected chi connectivity index (χ2v) is 8.84. The molecule has 1 saturated carbocycles. The predicted molar refractivity (Wildman–Crippen MR) is 118 cm³/mol. The van der Waals surface area contributed by atoms with E-state index in [1.165, 1.54) is 6.33 Å². The normalized spacial score (nSPS) is 18.8. The van der Waals surface area contributed by atoms with Crippen molar-refractivity contribution in [2.45, 2.75) is 45.3 Å². The number of ether oxygens (including phenoxy) is 1. The van der Waals surface area contributed by atoms with Gasteiger partial charge in [-0.3, -0.25) is 5.32 Å². The molecule has 0 radical (unpaired) electrons. The topological polar surface area (TPSA) is 121 Å². The van der Waals surface area contributed by atoms with Crippen molar-refractivity contribution >= 4 is 28.6 Å². The predicted octanol–water partition coefficient (Wildman–Crippen LogP) is 3.94. The Morgan fingerprint density at radius 2 is 2.07 bits per heavy atom. The Labute approximate surface area is 175 Å². The molecule has 1 amide bonds. The minimum atomic E-state index is -0.564. The fourth-order valence-electron chi connectivity index (χ4n) is 3.91. The SMILES string of the molecule is CC(C)(C)OC(=O)Nc1cccc(-c2cn(C3CC(CN)C3)c3ncnc(N)c23)c1. The average molecular weight is 409 g/mol. The number of nitrogens with one attached hydrogen (secondary N) is 1. The van der Waals surface area contributed by atoms with E-state index >= 15 is 0 Å². The van der Waals surface area contributed by atoms with Gasteiger partial charge in [-0.15, -0.1) is 0 Å². The van der Waals surface area contributed by atoms with Crippen LogP contribution in [0, 0.1) is 5.92 Å². The molecule has 1 aliphatic rings. The summed E-state index contributed by atoms with van der Waals surface area (Å²) in [6.45, 7) is 6.20. The number of hydrogen-bond acceptors (Lipinski definition) is 6. The highest BCUT2D eigenvalue weighted by atomic mass is 16.6. The highest BCUT2D eigenvalue weighted by Crippen LogP contribution is 2.42. The van der Waals surface area contributed by atoms with Crippen LogP contribution in [0.25, 0.3) is 22.2 Å². The number of nitrogens with zero attached hydrogens (tertiary/aromatic N) is 3. The summed E-state index contributed by atoms with van der Waals surface area (Å²) in [6.07, 6.45) is 5.15. The number of nitrogen functional groups attached to an aromatic ring is 1. The number of rotatable bonds is 4. The lowest BCUT2D eigenvalue weighted by Gasteiger charge is -2.35. The van der Waals surface area contributed by atoms with E-state index in [0.717, 1.165) is 35.0 Å². The van der Waals surface area contributed by atoms with Crippen molar-refractivity contribution < 1.29 is 9.53 Å².